The van der Waals surface area contributed by atoms with Crippen molar-refractivity contribution >= 4 is 11.9 Å². The lowest BCUT2D eigenvalue weighted by atomic mass is 9.81. The molecule has 152 valence electrons. The van der Waals surface area contributed by atoms with Gasteiger partial charge in [-0.05, 0) is 30.4 Å². The Balaban J connectivity index is 3.64. The van der Waals surface area contributed by atoms with E-state index in [1.54, 1.807) is 12.1 Å². The van der Waals surface area contributed by atoms with Gasteiger partial charge in [-0.1, -0.05) is 51.3 Å². The SMILES string of the molecule is CCCCCCc1c(CC)cccc1C(OC)(OC)C(O)(C(=O)O)C(=O)O. The standard InChI is InChI=1S/C20H30O7/c1-5-7-8-9-12-15-14(6-2)11-10-13-16(15)20(26-3,27-4)19(25,17(21)22)18(23)24/h10-11,13,25H,5-9,12H2,1-4H3,(H,21,22)(H,23,24). The Morgan fingerprint density at radius 3 is 2.04 bits per heavy atom. The fourth-order valence-corrected chi connectivity index (χ4v) is 3.46. The highest BCUT2D eigenvalue weighted by Crippen LogP contribution is 2.41. The third-order valence-corrected chi connectivity index (χ3v) is 4.96. The molecule has 0 fully saturated rings. The van der Waals surface area contributed by atoms with E-state index < -0.39 is 23.3 Å². The number of unbranched alkanes of at least 4 members (excludes halogenated alkanes) is 3. The molecule has 1 aromatic rings. The first-order valence-corrected chi connectivity index (χ1v) is 9.17. The molecule has 0 saturated heterocycles. The first-order valence-electron chi connectivity index (χ1n) is 9.17. The molecule has 1 rings (SSSR count). The van der Waals surface area contributed by atoms with E-state index in [9.17, 15) is 24.9 Å². The topological polar surface area (TPSA) is 113 Å². The lowest BCUT2D eigenvalue weighted by molar-refractivity contribution is -0.302. The van der Waals surface area contributed by atoms with Crippen LogP contribution in [-0.4, -0.2) is 47.1 Å². The molecule has 1 aromatic carbocycles. The number of aliphatic hydroxyl groups is 1. The Morgan fingerprint density at radius 1 is 1.00 bits per heavy atom. The Kier molecular flexibility index (Phi) is 8.40. The zero-order valence-electron chi connectivity index (χ0n) is 16.4. The summed E-state index contributed by atoms with van der Waals surface area (Å²) in [6.45, 7) is 4.06. The fourth-order valence-electron chi connectivity index (χ4n) is 3.46. The van der Waals surface area contributed by atoms with Gasteiger partial charge in [0.25, 0.3) is 0 Å². The van der Waals surface area contributed by atoms with E-state index in [0.717, 1.165) is 51.0 Å². The van der Waals surface area contributed by atoms with Crippen LogP contribution in [0.2, 0.25) is 0 Å². The molecular weight excluding hydrogens is 352 g/mol. The van der Waals surface area contributed by atoms with E-state index in [0.29, 0.717) is 12.8 Å². The minimum atomic E-state index is -3.32. The zero-order valence-corrected chi connectivity index (χ0v) is 16.4. The minimum Gasteiger partial charge on any atom is -0.478 e. The summed E-state index contributed by atoms with van der Waals surface area (Å²) in [7, 11) is 2.25. The molecular formula is C20H30O7. The van der Waals surface area contributed by atoms with Gasteiger partial charge in [0.05, 0.1) is 0 Å². The molecule has 7 heteroatoms. The maximum Gasteiger partial charge on any atom is 0.353 e. The van der Waals surface area contributed by atoms with Crippen LogP contribution in [0.4, 0.5) is 0 Å². The maximum absolute atomic E-state index is 11.8. The van der Waals surface area contributed by atoms with Crippen LogP contribution in [0.25, 0.3) is 0 Å². The quantitative estimate of drug-likeness (QED) is 0.289. The van der Waals surface area contributed by atoms with Gasteiger partial charge in [-0.15, -0.1) is 0 Å². The average Bonchev–Trinajstić information content (AvgIpc) is 2.66. The van der Waals surface area contributed by atoms with Crippen LogP contribution < -0.4 is 0 Å². The number of carboxylic acids is 2. The van der Waals surface area contributed by atoms with E-state index in [1.807, 2.05) is 13.0 Å². The van der Waals surface area contributed by atoms with Crippen molar-refractivity contribution in [2.45, 2.75) is 63.8 Å². The summed E-state index contributed by atoms with van der Waals surface area (Å²) < 4.78 is 10.6. The molecule has 0 aliphatic carbocycles. The average molecular weight is 382 g/mol. The van der Waals surface area contributed by atoms with Crippen molar-refractivity contribution in [1.82, 2.24) is 0 Å². The highest BCUT2D eigenvalue weighted by Gasteiger charge is 2.65. The highest BCUT2D eigenvalue weighted by molar-refractivity contribution is 6.03. The van der Waals surface area contributed by atoms with Crippen molar-refractivity contribution in [1.29, 1.82) is 0 Å². The molecule has 0 heterocycles. The molecule has 27 heavy (non-hydrogen) atoms. The van der Waals surface area contributed by atoms with E-state index in [1.165, 1.54) is 0 Å². The lowest BCUT2D eigenvalue weighted by Crippen LogP contribution is -2.64. The molecule has 0 spiro atoms. The molecule has 3 N–H and O–H groups in total. The van der Waals surface area contributed by atoms with Gasteiger partial charge in [0.1, 0.15) is 0 Å². The number of carbonyl (C=O) groups is 2. The first kappa shape index (κ1) is 23.1. The Labute approximate surface area is 159 Å². The van der Waals surface area contributed by atoms with Crippen molar-refractivity contribution in [3.05, 3.63) is 34.9 Å². The summed E-state index contributed by atoms with van der Waals surface area (Å²) in [4.78, 5) is 23.5. The predicted octanol–water partition coefficient (Wildman–Crippen LogP) is 2.72. The number of hydrogen-bond acceptors (Lipinski definition) is 5. The number of aryl methyl sites for hydroxylation is 1. The molecule has 0 aliphatic heterocycles. The molecule has 0 atom stereocenters. The molecule has 0 radical (unpaired) electrons. The summed E-state index contributed by atoms with van der Waals surface area (Å²) in [6, 6.07) is 5.13. The summed E-state index contributed by atoms with van der Waals surface area (Å²) in [5.74, 6) is -6.31. The van der Waals surface area contributed by atoms with E-state index in [-0.39, 0.29) is 5.56 Å². The van der Waals surface area contributed by atoms with Crippen molar-refractivity contribution in [3.8, 4) is 0 Å². The molecule has 0 aromatic heterocycles. The number of ether oxygens (including phenoxy) is 2. The van der Waals surface area contributed by atoms with E-state index in [2.05, 4.69) is 6.92 Å². The summed E-state index contributed by atoms with van der Waals surface area (Å²) in [5, 5.41) is 29.7. The number of methoxy groups -OCH3 is 2. The van der Waals surface area contributed by atoms with Crippen LogP contribution in [0.3, 0.4) is 0 Å². The lowest BCUT2D eigenvalue weighted by Gasteiger charge is -2.40. The molecule has 0 unspecified atom stereocenters. The van der Waals surface area contributed by atoms with Crippen molar-refractivity contribution in [2.75, 3.05) is 14.2 Å². The maximum atomic E-state index is 11.8. The second-order valence-corrected chi connectivity index (χ2v) is 6.45. The summed E-state index contributed by atoms with van der Waals surface area (Å²) in [5.41, 5.74) is -1.42. The smallest absolute Gasteiger partial charge is 0.353 e. The van der Waals surface area contributed by atoms with Gasteiger partial charge in [-0.25, -0.2) is 9.59 Å². The van der Waals surface area contributed by atoms with Crippen LogP contribution >= 0.6 is 0 Å². The van der Waals surface area contributed by atoms with Crippen molar-refractivity contribution < 1.29 is 34.4 Å². The van der Waals surface area contributed by atoms with Crippen LogP contribution in [0, 0.1) is 0 Å². The van der Waals surface area contributed by atoms with Crippen molar-refractivity contribution in [3.63, 3.8) is 0 Å². The second kappa shape index (κ2) is 9.82. The fraction of sp³-hybridized carbons (Fsp3) is 0.600. The van der Waals surface area contributed by atoms with Crippen LogP contribution in [0.5, 0.6) is 0 Å². The van der Waals surface area contributed by atoms with Crippen molar-refractivity contribution in [2.24, 2.45) is 0 Å². The van der Waals surface area contributed by atoms with Gasteiger partial charge in [-0.2, -0.15) is 0 Å². The van der Waals surface area contributed by atoms with Gasteiger partial charge in [-0.3, -0.25) is 0 Å². The summed E-state index contributed by atoms with van der Waals surface area (Å²) in [6.07, 6.45) is 5.24. The van der Waals surface area contributed by atoms with Gasteiger partial charge < -0.3 is 24.8 Å². The summed E-state index contributed by atoms with van der Waals surface area (Å²) >= 11 is 0. The first-order chi connectivity index (χ1) is 12.8. The number of aliphatic carboxylic acids is 2. The molecule has 0 bridgehead atoms. The normalized spacial score (nSPS) is 12.2. The van der Waals surface area contributed by atoms with E-state index in [4.69, 9.17) is 9.47 Å². The highest BCUT2D eigenvalue weighted by atomic mass is 16.7. The second-order valence-electron chi connectivity index (χ2n) is 6.45. The predicted molar refractivity (Wildman–Crippen MR) is 99.6 cm³/mol. The third-order valence-electron chi connectivity index (χ3n) is 4.96. The Hall–Kier alpha value is -1.96. The molecule has 0 saturated carbocycles. The Bertz CT molecular complexity index is 636. The largest absolute Gasteiger partial charge is 0.478 e. The number of benzene rings is 1. The van der Waals surface area contributed by atoms with Gasteiger partial charge in [0.15, 0.2) is 0 Å². The molecule has 0 amide bonds. The number of rotatable bonds is 12. The van der Waals surface area contributed by atoms with Gasteiger partial charge >= 0.3 is 17.5 Å². The third kappa shape index (κ3) is 4.15. The van der Waals surface area contributed by atoms with Crippen LogP contribution in [0.15, 0.2) is 18.2 Å². The molecule has 0 aliphatic rings. The van der Waals surface area contributed by atoms with Crippen LogP contribution in [-0.2, 0) is 37.7 Å². The number of hydrogen-bond donors (Lipinski definition) is 3. The van der Waals surface area contributed by atoms with Crippen LogP contribution in [0.1, 0.15) is 56.2 Å². The van der Waals surface area contributed by atoms with E-state index >= 15 is 0 Å². The van der Waals surface area contributed by atoms with Gasteiger partial charge in [0, 0.05) is 19.8 Å². The monoisotopic (exact) mass is 382 g/mol. The van der Waals surface area contributed by atoms with Gasteiger partial charge in [0.2, 0.25) is 5.79 Å². The number of carboxylic acid groups (broad SMARTS) is 2. The molecule has 7 nitrogen and oxygen atoms in total. The minimum absolute atomic E-state index is 0.218. The Morgan fingerprint density at radius 2 is 1.59 bits per heavy atom. The zero-order chi connectivity index (χ0) is 20.7.